The molecular formula is C16H27NO. The SMILES string of the molecule is CCCNC(C)CCOc1ccc(CCC)cc1. The topological polar surface area (TPSA) is 21.3 Å². The van der Waals surface area contributed by atoms with Gasteiger partial charge in [0.1, 0.15) is 5.75 Å². The van der Waals surface area contributed by atoms with Gasteiger partial charge in [-0.25, -0.2) is 0 Å². The molecule has 0 aliphatic heterocycles. The minimum Gasteiger partial charge on any atom is -0.494 e. The number of hydrogen-bond acceptors (Lipinski definition) is 2. The molecule has 1 N–H and O–H groups in total. The van der Waals surface area contributed by atoms with Crippen LogP contribution in [-0.4, -0.2) is 19.2 Å². The summed E-state index contributed by atoms with van der Waals surface area (Å²) in [6.45, 7) is 8.48. The van der Waals surface area contributed by atoms with Gasteiger partial charge in [-0.1, -0.05) is 32.4 Å². The third-order valence-electron chi connectivity index (χ3n) is 3.02. The minimum absolute atomic E-state index is 0.532. The van der Waals surface area contributed by atoms with Gasteiger partial charge in [0.2, 0.25) is 0 Å². The van der Waals surface area contributed by atoms with E-state index in [4.69, 9.17) is 4.74 Å². The summed E-state index contributed by atoms with van der Waals surface area (Å²) >= 11 is 0. The Hall–Kier alpha value is -1.02. The zero-order valence-electron chi connectivity index (χ0n) is 12.0. The molecule has 1 atom stereocenters. The molecule has 0 bridgehead atoms. The molecule has 0 aliphatic carbocycles. The molecule has 0 aliphatic rings. The van der Waals surface area contributed by atoms with E-state index in [-0.39, 0.29) is 0 Å². The number of rotatable bonds is 9. The van der Waals surface area contributed by atoms with Crippen molar-refractivity contribution in [1.82, 2.24) is 5.32 Å². The summed E-state index contributed by atoms with van der Waals surface area (Å²) in [6, 6.07) is 9.02. The second-order valence-corrected chi connectivity index (χ2v) is 4.89. The van der Waals surface area contributed by atoms with Crippen molar-refractivity contribution in [1.29, 1.82) is 0 Å². The van der Waals surface area contributed by atoms with Gasteiger partial charge in [-0.05, 0) is 50.4 Å². The lowest BCUT2D eigenvalue weighted by molar-refractivity contribution is 0.290. The third kappa shape index (κ3) is 6.06. The first-order chi connectivity index (χ1) is 8.76. The number of benzene rings is 1. The summed E-state index contributed by atoms with van der Waals surface area (Å²) in [7, 11) is 0. The summed E-state index contributed by atoms with van der Waals surface area (Å²) in [5, 5.41) is 3.46. The molecule has 102 valence electrons. The standard InChI is InChI=1S/C16H27NO/c1-4-6-15-7-9-16(10-8-15)18-13-11-14(3)17-12-5-2/h7-10,14,17H,4-6,11-13H2,1-3H3. The quantitative estimate of drug-likeness (QED) is 0.719. The number of hydrogen-bond donors (Lipinski definition) is 1. The number of nitrogens with one attached hydrogen (secondary N) is 1. The average Bonchev–Trinajstić information content (AvgIpc) is 2.39. The van der Waals surface area contributed by atoms with Crippen LogP contribution >= 0.6 is 0 Å². The highest BCUT2D eigenvalue weighted by Gasteiger charge is 2.01. The fourth-order valence-corrected chi connectivity index (χ4v) is 1.89. The molecule has 2 nitrogen and oxygen atoms in total. The highest BCUT2D eigenvalue weighted by Crippen LogP contribution is 2.13. The van der Waals surface area contributed by atoms with Gasteiger partial charge in [0.15, 0.2) is 0 Å². The van der Waals surface area contributed by atoms with Crippen LogP contribution in [0.5, 0.6) is 5.75 Å². The number of ether oxygens (including phenoxy) is 1. The van der Waals surface area contributed by atoms with Gasteiger partial charge in [-0.3, -0.25) is 0 Å². The van der Waals surface area contributed by atoms with E-state index in [1.807, 2.05) is 0 Å². The van der Waals surface area contributed by atoms with Gasteiger partial charge >= 0.3 is 0 Å². The molecule has 0 spiro atoms. The smallest absolute Gasteiger partial charge is 0.119 e. The van der Waals surface area contributed by atoms with E-state index >= 15 is 0 Å². The molecule has 0 saturated carbocycles. The average molecular weight is 249 g/mol. The Morgan fingerprint density at radius 3 is 2.44 bits per heavy atom. The first-order valence-electron chi connectivity index (χ1n) is 7.21. The lowest BCUT2D eigenvalue weighted by atomic mass is 10.1. The summed E-state index contributed by atoms with van der Waals surface area (Å²) in [5.74, 6) is 0.984. The van der Waals surface area contributed by atoms with Gasteiger partial charge < -0.3 is 10.1 Å². The first kappa shape index (κ1) is 15.0. The lowest BCUT2D eigenvalue weighted by Gasteiger charge is -2.13. The maximum atomic E-state index is 5.75. The fraction of sp³-hybridized carbons (Fsp3) is 0.625. The largest absolute Gasteiger partial charge is 0.494 e. The summed E-state index contributed by atoms with van der Waals surface area (Å²) < 4.78 is 5.75. The van der Waals surface area contributed by atoms with Crippen LogP contribution in [0.2, 0.25) is 0 Å². The second-order valence-electron chi connectivity index (χ2n) is 4.89. The minimum atomic E-state index is 0.532. The Labute approximate surface area is 112 Å². The summed E-state index contributed by atoms with van der Waals surface area (Å²) in [6.07, 6.45) is 4.58. The van der Waals surface area contributed by atoms with E-state index in [2.05, 4.69) is 50.4 Å². The molecule has 0 heterocycles. The van der Waals surface area contributed by atoms with Crippen molar-refractivity contribution in [2.24, 2.45) is 0 Å². The molecule has 1 rings (SSSR count). The number of aryl methyl sites for hydroxylation is 1. The Bertz CT molecular complexity index is 307. The predicted octanol–water partition coefficient (Wildman–Crippen LogP) is 3.80. The summed E-state index contributed by atoms with van der Waals surface area (Å²) in [5.41, 5.74) is 1.39. The van der Waals surface area contributed by atoms with Crippen molar-refractivity contribution in [3.8, 4) is 5.75 Å². The van der Waals surface area contributed by atoms with Crippen molar-refractivity contribution in [2.75, 3.05) is 13.2 Å². The first-order valence-corrected chi connectivity index (χ1v) is 7.21. The van der Waals surface area contributed by atoms with Gasteiger partial charge in [-0.15, -0.1) is 0 Å². The van der Waals surface area contributed by atoms with E-state index in [0.717, 1.165) is 31.7 Å². The van der Waals surface area contributed by atoms with Crippen LogP contribution in [0.4, 0.5) is 0 Å². The van der Waals surface area contributed by atoms with Crippen LogP contribution in [0.1, 0.15) is 45.6 Å². The molecular weight excluding hydrogens is 222 g/mol. The zero-order chi connectivity index (χ0) is 13.2. The van der Waals surface area contributed by atoms with Crippen LogP contribution in [0.25, 0.3) is 0 Å². The maximum absolute atomic E-state index is 5.75. The molecule has 1 aromatic carbocycles. The van der Waals surface area contributed by atoms with E-state index < -0.39 is 0 Å². The van der Waals surface area contributed by atoms with E-state index in [1.165, 1.54) is 18.4 Å². The van der Waals surface area contributed by atoms with Crippen LogP contribution in [0.15, 0.2) is 24.3 Å². The van der Waals surface area contributed by atoms with Crippen molar-refractivity contribution in [2.45, 2.75) is 52.5 Å². The van der Waals surface area contributed by atoms with Gasteiger partial charge in [0.25, 0.3) is 0 Å². The van der Waals surface area contributed by atoms with E-state index in [1.54, 1.807) is 0 Å². The van der Waals surface area contributed by atoms with Gasteiger partial charge in [0, 0.05) is 6.04 Å². The Morgan fingerprint density at radius 2 is 1.83 bits per heavy atom. The molecule has 1 aromatic rings. The molecule has 1 unspecified atom stereocenters. The Morgan fingerprint density at radius 1 is 1.11 bits per heavy atom. The molecule has 18 heavy (non-hydrogen) atoms. The Kier molecular flexibility index (Phi) is 7.51. The van der Waals surface area contributed by atoms with Crippen molar-refractivity contribution < 1.29 is 4.74 Å². The summed E-state index contributed by atoms with van der Waals surface area (Å²) in [4.78, 5) is 0. The highest BCUT2D eigenvalue weighted by atomic mass is 16.5. The normalized spacial score (nSPS) is 12.4. The molecule has 0 fully saturated rings. The van der Waals surface area contributed by atoms with Gasteiger partial charge in [-0.2, -0.15) is 0 Å². The van der Waals surface area contributed by atoms with Crippen LogP contribution in [0.3, 0.4) is 0 Å². The molecule has 0 saturated heterocycles. The van der Waals surface area contributed by atoms with E-state index in [0.29, 0.717) is 6.04 Å². The Balaban J connectivity index is 2.22. The van der Waals surface area contributed by atoms with Crippen LogP contribution in [-0.2, 0) is 6.42 Å². The zero-order valence-corrected chi connectivity index (χ0v) is 12.0. The fourth-order valence-electron chi connectivity index (χ4n) is 1.89. The lowest BCUT2D eigenvalue weighted by Crippen LogP contribution is -2.28. The van der Waals surface area contributed by atoms with E-state index in [9.17, 15) is 0 Å². The maximum Gasteiger partial charge on any atom is 0.119 e. The molecule has 0 aromatic heterocycles. The van der Waals surface area contributed by atoms with Crippen LogP contribution in [0, 0.1) is 0 Å². The van der Waals surface area contributed by atoms with Crippen LogP contribution < -0.4 is 10.1 Å². The molecule has 0 amide bonds. The molecule has 2 heteroatoms. The van der Waals surface area contributed by atoms with Crippen molar-refractivity contribution in [3.05, 3.63) is 29.8 Å². The second kappa shape index (κ2) is 8.98. The van der Waals surface area contributed by atoms with Gasteiger partial charge in [0.05, 0.1) is 6.61 Å². The molecule has 0 radical (unpaired) electrons. The van der Waals surface area contributed by atoms with Crippen molar-refractivity contribution >= 4 is 0 Å². The predicted molar refractivity (Wildman–Crippen MR) is 78.3 cm³/mol. The monoisotopic (exact) mass is 249 g/mol. The highest BCUT2D eigenvalue weighted by molar-refractivity contribution is 5.27. The van der Waals surface area contributed by atoms with Crippen molar-refractivity contribution in [3.63, 3.8) is 0 Å². The third-order valence-corrected chi connectivity index (χ3v) is 3.02.